The second-order valence-corrected chi connectivity index (χ2v) is 5.39. The molecule has 19 heavy (non-hydrogen) atoms. The van der Waals surface area contributed by atoms with Gasteiger partial charge in [-0.3, -0.25) is 0 Å². The second kappa shape index (κ2) is 5.68. The maximum Gasteiger partial charge on any atom is 0.147 e. The molecule has 0 aromatic heterocycles. The topological polar surface area (TPSA) is 35.8 Å². The zero-order valence-electron chi connectivity index (χ0n) is 9.35. The third-order valence-corrected chi connectivity index (χ3v) is 3.64. The van der Waals surface area contributed by atoms with E-state index in [9.17, 15) is 8.78 Å². The minimum atomic E-state index is -0.575. The molecule has 0 aliphatic carbocycles. The Morgan fingerprint density at radius 1 is 1.00 bits per heavy atom. The summed E-state index contributed by atoms with van der Waals surface area (Å²) in [6, 6.07) is 8.93. The average Bonchev–Trinajstić information content (AvgIpc) is 2.36. The maximum absolute atomic E-state index is 13.6. The number of hydrogen-bond acceptors (Lipinski definition) is 2. The number of anilines is 2. The Morgan fingerprint density at radius 2 is 1.74 bits per heavy atom. The minimum Gasteiger partial charge on any atom is -0.353 e. The van der Waals surface area contributed by atoms with Crippen molar-refractivity contribution in [3.63, 3.8) is 0 Å². The minimum absolute atomic E-state index is 0.0253. The SMILES string of the molecule is N#Cc1ccc(Nc2cc(F)c(Br)cc2F)cc1Br. The molecule has 0 bridgehead atoms. The van der Waals surface area contributed by atoms with Crippen molar-refractivity contribution in [3.8, 4) is 6.07 Å². The third-order valence-electron chi connectivity index (χ3n) is 2.38. The van der Waals surface area contributed by atoms with Crippen molar-refractivity contribution in [2.45, 2.75) is 0 Å². The Morgan fingerprint density at radius 3 is 2.37 bits per heavy atom. The van der Waals surface area contributed by atoms with Crippen molar-refractivity contribution in [1.29, 1.82) is 5.26 Å². The molecule has 0 spiro atoms. The normalized spacial score (nSPS) is 10.1. The lowest BCUT2D eigenvalue weighted by atomic mass is 10.2. The highest BCUT2D eigenvalue weighted by molar-refractivity contribution is 9.10. The van der Waals surface area contributed by atoms with E-state index in [0.29, 0.717) is 15.7 Å². The van der Waals surface area contributed by atoms with E-state index in [-0.39, 0.29) is 10.2 Å². The van der Waals surface area contributed by atoms with Crippen molar-refractivity contribution < 1.29 is 8.78 Å². The Bertz CT molecular complexity index is 681. The van der Waals surface area contributed by atoms with E-state index >= 15 is 0 Å². The van der Waals surface area contributed by atoms with E-state index in [1.165, 1.54) is 0 Å². The molecule has 2 aromatic rings. The summed E-state index contributed by atoms with van der Waals surface area (Å²) in [5, 5.41) is 11.6. The standard InChI is InChI=1S/C13H6Br2F2N2/c14-9-3-8(2-1-7(9)6-18)19-13-5-11(16)10(15)4-12(13)17/h1-5,19H. The summed E-state index contributed by atoms with van der Waals surface area (Å²) in [7, 11) is 0. The number of benzene rings is 2. The highest BCUT2D eigenvalue weighted by Gasteiger charge is 2.09. The molecule has 96 valence electrons. The molecule has 6 heteroatoms. The van der Waals surface area contributed by atoms with Crippen molar-refractivity contribution in [3.05, 3.63) is 56.5 Å². The van der Waals surface area contributed by atoms with Crippen LogP contribution in [0.25, 0.3) is 0 Å². The first-order valence-electron chi connectivity index (χ1n) is 5.12. The van der Waals surface area contributed by atoms with E-state index in [0.717, 1.165) is 12.1 Å². The average molecular weight is 388 g/mol. The van der Waals surface area contributed by atoms with Crippen molar-refractivity contribution in [1.82, 2.24) is 0 Å². The number of halogens is 4. The van der Waals surface area contributed by atoms with Gasteiger partial charge in [0.2, 0.25) is 0 Å². The van der Waals surface area contributed by atoms with E-state index in [2.05, 4.69) is 37.2 Å². The predicted molar refractivity (Wildman–Crippen MR) is 76.2 cm³/mol. The molecule has 2 aromatic carbocycles. The van der Waals surface area contributed by atoms with Gasteiger partial charge in [-0.1, -0.05) is 0 Å². The van der Waals surface area contributed by atoms with Gasteiger partial charge in [0, 0.05) is 16.2 Å². The van der Waals surface area contributed by atoms with E-state index < -0.39 is 11.6 Å². The molecule has 0 fully saturated rings. The fourth-order valence-electron chi connectivity index (χ4n) is 1.46. The molecule has 0 saturated heterocycles. The lowest BCUT2D eigenvalue weighted by Gasteiger charge is -2.09. The van der Waals surface area contributed by atoms with Gasteiger partial charge in [0.05, 0.1) is 15.7 Å². The molecule has 1 N–H and O–H groups in total. The molecule has 0 heterocycles. The lowest BCUT2D eigenvalue weighted by Crippen LogP contribution is -1.96. The van der Waals surface area contributed by atoms with Crippen LogP contribution in [-0.2, 0) is 0 Å². The molecular formula is C13H6Br2F2N2. The largest absolute Gasteiger partial charge is 0.353 e. The monoisotopic (exact) mass is 386 g/mol. The van der Waals surface area contributed by atoms with Crippen LogP contribution in [0.5, 0.6) is 0 Å². The molecule has 0 aliphatic heterocycles. The van der Waals surface area contributed by atoms with Crippen molar-refractivity contribution >= 4 is 43.2 Å². The third kappa shape index (κ3) is 3.11. The van der Waals surface area contributed by atoms with Crippen LogP contribution in [0.3, 0.4) is 0 Å². The summed E-state index contributed by atoms with van der Waals surface area (Å²) in [5.41, 5.74) is 1.04. The van der Waals surface area contributed by atoms with Crippen LogP contribution in [-0.4, -0.2) is 0 Å². The molecule has 0 unspecified atom stereocenters. The zero-order valence-corrected chi connectivity index (χ0v) is 12.5. The Hall–Kier alpha value is -1.45. The van der Waals surface area contributed by atoms with Gasteiger partial charge in [-0.25, -0.2) is 8.78 Å². The molecule has 2 rings (SSSR count). The van der Waals surface area contributed by atoms with Gasteiger partial charge in [-0.2, -0.15) is 5.26 Å². The van der Waals surface area contributed by atoms with Crippen LogP contribution in [0.1, 0.15) is 5.56 Å². The van der Waals surface area contributed by atoms with Crippen molar-refractivity contribution in [2.75, 3.05) is 5.32 Å². The smallest absolute Gasteiger partial charge is 0.147 e. The molecule has 2 nitrogen and oxygen atoms in total. The molecular weight excluding hydrogens is 382 g/mol. The number of hydrogen-bond donors (Lipinski definition) is 1. The van der Waals surface area contributed by atoms with E-state index in [4.69, 9.17) is 5.26 Å². The number of nitrogens with zero attached hydrogens (tertiary/aromatic N) is 1. The van der Waals surface area contributed by atoms with E-state index in [1.54, 1.807) is 18.2 Å². The summed E-state index contributed by atoms with van der Waals surface area (Å²) in [6.07, 6.45) is 0. The quantitative estimate of drug-likeness (QED) is 0.727. The van der Waals surface area contributed by atoms with Gasteiger partial charge in [-0.15, -0.1) is 0 Å². The molecule has 0 aliphatic rings. The molecule has 0 radical (unpaired) electrons. The first kappa shape index (κ1) is 14.0. The number of nitrogens with one attached hydrogen (secondary N) is 1. The van der Waals surface area contributed by atoms with E-state index in [1.807, 2.05) is 6.07 Å². The van der Waals surface area contributed by atoms with Crippen LogP contribution in [0.2, 0.25) is 0 Å². The van der Waals surface area contributed by atoms with Crippen LogP contribution < -0.4 is 5.32 Å². The summed E-state index contributed by atoms with van der Waals surface area (Å²) in [5.74, 6) is -1.13. The van der Waals surface area contributed by atoms with Crippen LogP contribution >= 0.6 is 31.9 Å². The van der Waals surface area contributed by atoms with Crippen molar-refractivity contribution in [2.24, 2.45) is 0 Å². The zero-order chi connectivity index (χ0) is 14.0. The molecule has 0 amide bonds. The summed E-state index contributed by atoms with van der Waals surface area (Å²) in [6.45, 7) is 0. The number of rotatable bonds is 2. The summed E-state index contributed by atoms with van der Waals surface area (Å²) >= 11 is 6.14. The number of nitriles is 1. The summed E-state index contributed by atoms with van der Waals surface area (Å²) in [4.78, 5) is 0. The fourth-order valence-corrected chi connectivity index (χ4v) is 2.24. The Kier molecular flexibility index (Phi) is 4.17. The van der Waals surface area contributed by atoms with Crippen LogP contribution in [0.4, 0.5) is 20.2 Å². The van der Waals surface area contributed by atoms with Gasteiger partial charge in [0.15, 0.2) is 0 Å². The fraction of sp³-hybridized carbons (Fsp3) is 0. The van der Waals surface area contributed by atoms with Gasteiger partial charge in [0.1, 0.15) is 17.7 Å². The van der Waals surface area contributed by atoms with Crippen LogP contribution in [0.15, 0.2) is 39.3 Å². The maximum atomic E-state index is 13.6. The lowest BCUT2D eigenvalue weighted by molar-refractivity contribution is 0.598. The molecule has 0 atom stereocenters. The Labute approximate surface area is 125 Å². The first-order valence-corrected chi connectivity index (χ1v) is 6.71. The highest BCUT2D eigenvalue weighted by Crippen LogP contribution is 2.28. The molecule has 0 saturated carbocycles. The second-order valence-electron chi connectivity index (χ2n) is 3.68. The summed E-state index contributed by atoms with van der Waals surface area (Å²) < 4.78 is 27.6. The van der Waals surface area contributed by atoms with Gasteiger partial charge < -0.3 is 5.32 Å². The Balaban J connectivity index is 2.34. The van der Waals surface area contributed by atoms with Gasteiger partial charge in [0.25, 0.3) is 0 Å². The van der Waals surface area contributed by atoms with Gasteiger partial charge >= 0.3 is 0 Å². The predicted octanol–water partition coefficient (Wildman–Crippen LogP) is 5.11. The van der Waals surface area contributed by atoms with Gasteiger partial charge in [-0.05, 0) is 56.1 Å². The van der Waals surface area contributed by atoms with Crippen LogP contribution in [0, 0.1) is 23.0 Å². The highest BCUT2D eigenvalue weighted by atomic mass is 79.9. The first-order chi connectivity index (χ1) is 9.01.